The van der Waals surface area contributed by atoms with Crippen LogP contribution in [-0.2, 0) is 4.79 Å². The van der Waals surface area contributed by atoms with Gasteiger partial charge in [-0.2, -0.15) is 0 Å². The Morgan fingerprint density at radius 2 is 2.25 bits per heavy atom. The fourth-order valence-electron chi connectivity index (χ4n) is 0.928. The lowest BCUT2D eigenvalue weighted by Crippen LogP contribution is -1.89. The van der Waals surface area contributed by atoms with Crippen LogP contribution in [-0.4, -0.2) is 12.0 Å². The molecule has 0 aliphatic heterocycles. The normalized spacial score (nSPS) is 11.3. The van der Waals surface area contributed by atoms with Crippen molar-refractivity contribution in [2.24, 2.45) is 4.99 Å². The predicted molar refractivity (Wildman–Crippen MR) is 50.0 cm³/mol. The van der Waals surface area contributed by atoms with E-state index in [0.717, 1.165) is 17.5 Å². The third-order valence-corrected chi connectivity index (χ3v) is 1.48. The third-order valence-electron chi connectivity index (χ3n) is 1.48. The van der Waals surface area contributed by atoms with Gasteiger partial charge < -0.3 is 0 Å². The lowest BCUT2D eigenvalue weighted by molar-refractivity contribution is -0.102. The van der Waals surface area contributed by atoms with Crippen molar-refractivity contribution in [3.05, 3.63) is 29.8 Å². The third kappa shape index (κ3) is 2.31. The van der Waals surface area contributed by atoms with Crippen molar-refractivity contribution in [1.82, 2.24) is 0 Å². The molecule has 0 heterocycles. The summed E-state index contributed by atoms with van der Waals surface area (Å²) in [6.07, 6.45) is 0.752. The maximum Gasteiger partial charge on any atom is 0.163 e. The van der Waals surface area contributed by atoms with Crippen LogP contribution in [0.4, 0.5) is 5.69 Å². The fraction of sp³-hybridized carbons (Fsp3) is 0.200. The molecule has 0 fully saturated rings. The van der Waals surface area contributed by atoms with E-state index in [1.165, 1.54) is 0 Å². The number of benzene rings is 1. The van der Waals surface area contributed by atoms with Crippen molar-refractivity contribution in [2.75, 3.05) is 0 Å². The average Bonchev–Trinajstić information content (AvgIpc) is 2.04. The number of carbonyl (C=O) groups is 1. The molecule has 0 aliphatic rings. The van der Waals surface area contributed by atoms with E-state index in [1.807, 2.05) is 31.2 Å². The Labute approximate surface area is 71.9 Å². The Kier molecular flexibility index (Phi) is 2.75. The van der Waals surface area contributed by atoms with Gasteiger partial charge in [-0.1, -0.05) is 12.1 Å². The molecule has 1 aromatic rings. The molecule has 2 nitrogen and oxygen atoms in total. The van der Waals surface area contributed by atoms with Gasteiger partial charge in [-0.15, -0.1) is 0 Å². The Bertz CT molecular complexity index is 315. The predicted octanol–water partition coefficient (Wildman–Crippen LogP) is 2.29. The van der Waals surface area contributed by atoms with Gasteiger partial charge in [0.2, 0.25) is 0 Å². The second kappa shape index (κ2) is 3.81. The van der Waals surface area contributed by atoms with Gasteiger partial charge in [-0.3, -0.25) is 9.79 Å². The van der Waals surface area contributed by atoms with Crippen molar-refractivity contribution in [3.8, 4) is 0 Å². The molecule has 2 heteroatoms. The average molecular weight is 161 g/mol. The molecule has 0 amide bonds. The Morgan fingerprint density at radius 3 is 2.83 bits per heavy atom. The maximum absolute atomic E-state index is 10.3. The van der Waals surface area contributed by atoms with Gasteiger partial charge in [-0.05, 0) is 31.5 Å². The molecule has 0 spiro atoms. The number of carbonyl (C=O) groups excluding carboxylic acids is 1. The largest absolute Gasteiger partial charge is 0.297 e. The molecule has 62 valence electrons. The topological polar surface area (TPSA) is 29.4 Å². The van der Waals surface area contributed by atoms with Crippen molar-refractivity contribution in [2.45, 2.75) is 13.8 Å². The van der Waals surface area contributed by atoms with Crippen LogP contribution >= 0.6 is 0 Å². The molecule has 12 heavy (non-hydrogen) atoms. The van der Waals surface area contributed by atoms with Crippen LogP contribution in [0.2, 0.25) is 0 Å². The molecule has 1 aromatic carbocycles. The summed E-state index contributed by atoms with van der Waals surface area (Å²) in [7, 11) is 0. The maximum atomic E-state index is 10.3. The second-order valence-corrected chi connectivity index (χ2v) is 2.71. The van der Waals surface area contributed by atoms with Gasteiger partial charge in [0.05, 0.1) is 11.4 Å². The van der Waals surface area contributed by atoms with E-state index in [-0.39, 0.29) is 0 Å². The van der Waals surface area contributed by atoms with E-state index in [0.29, 0.717) is 5.71 Å². The molecule has 0 saturated carbocycles. The minimum atomic E-state index is 0.501. The van der Waals surface area contributed by atoms with Crippen LogP contribution in [0.5, 0.6) is 0 Å². The fourth-order valence-corrected chi connectivity index (χ4v) is 0.928. The van der Waals surface area contributed by atoms with E-state index in [1.54, 1.807) is 6.92 Å². The van der Waals surface area contributed by atoms with Gasteiger partial charge in [0.25, 0.3) is 0 Å². The summed E-state index contributed by atoms with van der Waals surface area (Å²) in [5.74, 6) is 0. The lowest BCUT2D eigenvalue weighted by atomic mass is 10.2. The van der Waals surface area contributed by atoms with Crippen LogP contribution in [0.25, 0.3) is 0 Å². The quantitative estimate of drug-likeness (QED) is 0.483. The number of aryl methyl sites for hydroxylation is 1. The standard InChI is InChI=1S/C10H11NO/c1-8-4-3-5-10(6-8)11-9(2)7-12/h3-7H,1-2H3. The van der Waals surface area contributed by atoms with Crippen molar-refractivity contribution >= 4 is 17.7 Å². The molecule has 0 aromatic heterocycles. The first-order chi connectivity index (χ1) is 5.72. The summed E-state index contributed by atoms with van der Waals surface area (Å²) >= 11 is 0. The molecule has 0 atom stereocenters. The van der Waals surface area contributed by atoms with Crippen LogP contribution in [0, 0.1) is 6.92 Å². The smallest absolute Gasteiger partial charge is 0.163 e. The van der Waals surface area contributed by atoms with Crippen LogP contribution in [0.15, 0.2) is 29.3 Å². The summed E-state index contributed by atoms with van der Waals surface area (Å²) in [6.45, 7) is 3.69. The zero-order valence-corrected chi connectivity index (χ0v) is 7.24. The molecule has 0 N–H and O–H groups in total. The summed E-state index contributed by atoms with van der Waals surface area (Å²) in [4.78, 5) is 14.4. The van der Waals surface area contributed by atoms with Crippen LogP contribution in [0.1, 0.15) is 12.5 Å². The molecule has 0 bridgehead atoms. The molecule has 0 unspecified atom stereocenters. The highest BCUT2D eigenvalue weighted by molar-refractivity contribution is 6.27. The highest BCUT2D eigenvalue weighted by Crippen LogP contribution is 2.12. The summed E-state index contributed by atoms with van der Waals surface area (Å²) in [5, 5.41) is 0. The molecular weight excluding hydrogens is 150 g/mol. The SMILES string of the molecule is CC(C=O)=Nc1cccc(C)c1. The van der Waals surface area contributed by atoms with E-state index in [2.05, 4.69) is 4.99 Å². The first kappa shape index (κ1) is 8.65. The van der Waals surface area contributed by atoms with Gasteiger partial charge in [0.1, 0.15) is 0 Å². The van der Waals surface area contributed by atoms with Gasteiger partial charge in [0, 0.05) is 0 Å². The number of hydrogen-bond acceptors (Lipinski definition) is 2. The second-order valence-electron chi connectivity index (χ2n) is 2.71. The van der Waals surface area contributed by atoms with Gasteiger partial charge in [0.15, 0.2) is 6.29 Å². The summed E-state index contributed by atoms with van der Waals surface area (Å²) in [5.41, 5.74) is 2.48. The van der Waals surface area contributed by atoms with E-state index in [9.17, 15) is 4.79 Å². The first-order valence-corrected chi connectivity index (χ1v) is 3.79. The van der Waals surface area contributed by atoms with E-state index < -0.39 is 0 Å². The van der Waals surface area contributed by atoms with Crippen LogP contribution in [0.3, 0.4) is 0 Å². The van der Waals surface area contributed by atoms with E-state index >= 15 is 0 Å². The number of aldehydes is 1. The molecule has 1 rings (SSSR count). The highest BCUT2D eigenvalue weighted by Gasteiger charge is 1.90. The first-order valence-electron chi connectivity index (χ1n) is 3.79. The summed E-state index contributed by atoms with van der Waals surface area (Å²) in [6, 6.07) is 7.73. The number of rotatable bonds is 2. The van der Waals surface area contributed by atoms with E-state index in [4.69, 9.17) is 0 Å². The van der Waals surface area contributed by atoms with Gasteiger partial charge >= 0.3 is 0 Å². The zero-order chi connectivity index (χ0) is 8.97. The Balaban J connectivity index is 2.97. The highest BCUT2D eigenvalue weighted by atomic mass is 16.1. The van der Waals surface area contributed by atoms with Crippen molar-refractivity contribution < 1.29 is 4.79 Å². The number of nitrogens with zero attached hydrogens (tertiary/aromatic N) is 1. The van der Waals surface area contributed by atoms with Crippen LogP contribution < -0.4 is 0 Å². The molecule has 0 saturated heterocycles. The minimum Gasteiger partial charge on any atom is -0.297 e. The molecule has 0 radical (unpaired) electrons. The monoisotopic (exact) mass is 161 g/mol. The number of hydrogen-bond donors (Lipinski definition) is 0. The summed E-state index contributed by atoms with van der Waals surface area (Å²) < 4.78 is 0. The lowest BCUT2D eigenvalue weighted by Gasteiger charge is -1.95. The molecular formula is C10H11NO. The van der Waals surface area contributed by atoms with Crippen molar-refractivity contribution in [1.29, 1.82) is 0 Å². The van der Waals surface area contributed by atoms with Gasteiger partial charge in [-0.25, -0.2) is 0 Å². The molecule has 0 aliphatic carbocycles. The zero-order valence-electron chi connectivity index (χ0n) is 7.24. The number of aliphatic imine (C=N–C) groups is 1. The Hall–Kier alpha value is -1.44. The van der Waals surface area contributed by atoms with Crippen molar-refractivity contribution in [3.63, 3.8) is 0 Å². The Morgan fingerprint density at radius 1 is 1.50 bits per heavy atom. The minimum absolute atomic E-state index is 0.501.